The van der Waals surface area contributed by atoms with Crippen molar-refractivity contribution in [3.63, 3.8) is 0 Å². The van der Waals surface area contributed by atoms with Gasteiger partial charge in [-0.05, 0) is 49.1 Å². The van der Waals surface area contributed by atoms with Gasteiger partial charge >= 0.3 is 0 Å². The molecule has 0 saturated carbocycles. The highest BCUT2D eigenvalue weighted by Crippen LogP contribution is 2.29. The molecule has 5 rings (SSSR count). The number of methoxy groups -OCH3 is 2. The van der Waals surface area contributed by atoms with Crippen LogP contribution < -0.4 is 9.47 Å². The molecule has 0 spiro atoms. The van der Waals surface area contributed by atoms with Gasteiger partial charge in [0.2, 0.25) is 11.1 Å². The lowest BCUT2D eigenvalue weighted by Gasteiger charge is -2.17. The van der Waals surface area contributed by atoms with Crippen LogP contribution in [0.15, 0.2) is 71.9 Å². The summed E-state index contributed by atoms with van der Waals surface area (Å²) in [5, 5.41) is 10.6. The van der Waals surface area contributed by atoms with Crippen LogP contribution in [-0.2, 0) is 17.8 Å². The third-order valence-corrected chi connectivity index (χ3v) is 8.12. The van der Waals surface area contributed by atoms with Gasteiger partial charge in [0, 0.05) is 37.7 Å². The predicted octanol–water partition coefficient (Wildman–Crippen LogP) is 5.93. The second kappa shape index (κ2) is 13.0. The van der Waals surface area contributed by atoms with E-state index in [2.05, 4.69) is 58.1 Å². The lowest BCUT2D eigenvalue weighted by molar-refractivity contribution is -0.129. The molecule has 0 N–H and O–H groups in total. The lowest BCUT2D eigenvalue weighted by atomic mass is 10.1. The van der Waals surface area contributed by atoms with Crippen LogP contribution in [0.25, 0.3) is 22.1 Å². The Morgan fingerprint density at radius 2 is 1.71 bits per heavy atom. The summed E-state index contributed by atoms with van der Waals surface area (Å²) in [5.74, 6) is 2.25. The second-order valence-corrected chi connectivity index (χ2v) is 11.1. The van der Waals surface area contributed by atoms with Gasteiger partial charge in [0.25, 0.3) is 0 Å². The average molecular weight is 570 g/mol. The number of amides is 1. The monoisotopic (exact) mass is 569 g/mol. The van der Waals surface area contributed by atoms with E-state index < -0.39 is 0 Å². The summed E-state index contributed by atoms with van der Waals surface area (Å²) in [4.78, 5) is 19.4. The standard InChI is InChI=1S/C32H35N5O3S/c1-22-11-13-24(14-12-22)21-37-26-9-6-5-8-25(26)30-31(37)33-32(35-34-30)41-19-7-10-29(38)36(2)18-17-23-15-16-27(39-3)28(20-23)40-4/h5-6,8-9,11-16,20H,7,10,17-19,21H2,1-4H3. The number of aromatic nitrogens is 4. The summed E-state index contributed by atoms with van der Waals surface area (Å²) in [6.07, 6.45) is 1.95. The molecular weight excluding hydrogens is 534 g/mol. The van der Waals surface area contributed by atoms with Crippen molar-refractivity contribution in [2.24, 2.45) is 0 Å². The van der Waals surface area contributed by atoms with Crippen LogP contribution in [0, 0.1) is 6.92 Å². The van der Waals surface area contributed by atoms with Crippen molar-refractivity contribution in [1.29, 1.82) is 0 Å². The summed E-state index contributed by atoms with van der Waals surface area (Å²) in [7, 11) is 5.10. The molecule has 2 heterocycles. The number of nitrogens with zero attached hydrogens (tertiary/aromatic N) is 5. The van der Waals surface area contributed by atoms with Gasteiger partial charge in [0.15, 0.2) is 17.1 Å². The number of aryl methyl sites for hydroxylation is 1. The number of carbonyl (C=O) groups is 1. The Morgan fingerprint density at radius 1 is 0.951 bits per heavy atom. The number of fused-ring (bicyclic) bond motifs is 3. The van der Waals surface area contributed by atoms with E-state index in [4.69, 9.17) is 14.5 Å². The smallest absolute Gasteiger partial charge is 0.222 e. The van der Waals surface area contributed by atoms with Crippen molar-refractivity contribution in [2.45, 2.75) is 37.9 Å². The minimum Gasteiger partial charge on any atom is -0.493 e. The number of likely N-dealkylation sites (N-methyl/N-ethyl adjacent to an activating group) is 1. The highest BCUT2D eigenvalue weighted by molar-refractivity contribution is 7.99. The molecule has 41 heavy (non-hydrogen) atoms. The molecule has 0 atom stereocenters. The average Bonchev–Trinajstić information content (AvgIpc) is 3.31. The normalized spacial score (nSPS) is 11.2. The number of ether oxygens (including phenoxy) is 2. The van der Waals surface area contributed by atoms with Crippen LogP contribution >= 0.6 is 11.8 Å². The van der Waals surface area contributed by atoms with Gasteiger partial charge in [0.1, 0.15) is 5.52 Å². The fourth-order valence-corrected chi connectivity index (χ4v) is 5.54. The van der Waals surface area contributed by atoms with Crippen LogP contribution in [0.2, 0.25) is 0 Å². The molecule has 0 unspecified atom stereocenters. The zero-order valence-corrected chi connectivity index (χ0v) is 24.8. The minimum atomic E-state index is 0.124. The number of para-hydroxylation sites is 1. The van der Waals surface area contributed by atoms with Crippen molar-refractivity contribution in [3.05, 3.63) is 83.4 Å². The molecule has 2 aromatic heterocycles. The molecule has 3 aromatic carbocycles. The molecule has 9 heteroatoms. The number of carbonyl (C=O) groups excluding carboxylic acids is 1. The first-order chi connectivity index (χ1) is 20.0. The third-order valence-electron chi connectivity index (χ3n) is 7.19. The minimum absolute atomic E-state index is 0.124. The quantitative estimate of drug-likeness (QED) is 0.136. The largest absolute Gasteiger partial charge is 0.493 e. The first-order valence-corrected chi connectivity index (χ1v) is 14.7. The lowest BCUT2D eigenvalue weighted by Crippen LogP contribution is -2.28. The first-order valence-electron chi connectivity index (χ1n) is 13.7. The Morgan fingerprint density at radius 3 is 2.49 bits per heavy atom. The van der Waals surface area contributed by atoms with Crippen LogP contribution in [0.5, 0.6) is 11.5 Å². The fraction of sp³-hybridized carbons (Fsp3) is 0.312. The number of thioether (sulfide) groups is 1. The predicted molar refractivity (Wildman–Crippen MR) is 164 cm³/mol. The maximum Gasteiger partial charge on any atom is 0.222 e. The molecular formula is C32H35N5O3S. The highest BCUT2D eigenvalue weighted by atomic mass is 32.2. The molecule has 0 fully saturated rings. The summed E-state index contributed by atoms with van der Waals surface area (Å²) < 4.78 is 12.9. The maximum atomic E-state index is 12.7. The summed E-state index contributed by atoms with van der Waals surface area (Å²) >= 11 is 1.54. The van der Waals surface area contributed by atoms with E-state index in [0.717, 1.165) is 46.2 Å². The van der Waals surface area contributed by atoms with Gasteiger partial charge in [-0.2, -0.15) is 0 Å². The van der Waals surface area contributed by atoms with Crippen molar-refractivity contribution >= 4 is 39.7 Å². The maximum absolute atomic E-state index is 12.7. The molecule has 8 nitrogen and oxygen atoms in total. The molecule has 0 saturated heterocycles. The van der Waals surface area contributed by atoms with Crippen molar-refractivity contribution in [3.8, 4) is 11.5 Å². The molecule has 0 aliphatic heterocycles. The molecule has 5 aromatic rings. The number of hydrogen-bond acceptors (Lipinski definition) is 7. The van der Waals surface area contributed by atoms with Gasteiger partial charge in [-0.15, -0.1) is 10.2 Å². The Bertz CT molecular complexity index is 1650. The number of benzene rings is 3. The summed E-state index contributed by atoms with van der Waals surface area (Å²) in [5.41, 5.74) is 6.27. The van der Waals surface area contributed by atoms with Gasteiger partial charge < -0.3 is 18.9 Å². The Balaban J connectivity index is 1.18. The van der Waals surface area contributed by atoms with E-state index in [1.54, 1.807) is 19.1 Å². The van der Waals surface area contributed by atoms with Gasteiger partial charge in [0.05, 0.1) is 19.7 Å². The van der Waals surface area contributed by atoms with Crippen LogP contribution in [0.4, 0.5) is 0 Å². The van der Waals surface area contributed by atoms with Crippen LogP contribution in [0.1, 0.15) is 29.5 Å². The molecule has 0 aliphatic carbocycles. The summed E-state index contributed by atoms with van der Waals surface area (Å²) in [6, 6.07) is 22.7. The fourth-order valence-electron chi connectivity index (χ4n) is 4.82. The Labute approximate surface area is 244 Å². The van der Waals surface area contributed by atoms with Gasteiger partial charge in [-0.3, -0.25) is 4.79 Å². The summed E-state index contributed by atoms with van der Waals surface area (Å²) in [6.45, 7) is 3.44. The Hall–Kier alpha value is -4.11. The number of hydrogen-bond donors (Lipinski definition) is 0. The molecule has 0 aliphatic rings. The SMILES string of the molecule is COc1ccc(CCN(C)C(=O)CCCSc2nnc3c4ccccc4n(Cc4ccc(C)cc4)c3n2)cc1OC. The van der Waals surface area contributed by atoms with E-state index in [9.17, 15) is 4.79 Å². The highest BCUT2D eigenvalue weighted by Gasteiger charge is 2.16. The molecule has 0 radical (unpaired) electrons. The second-order valence-electron chi connectivity index (χ2n) is 10.1. The zero-order chi connectivity index (χ0) is 28.8. The molecule has 0 bridgehead atoms. The van der Waals surface area contributed by atoms with E-state index in [1.165, 1.54) is 22.9 Å². The van der Waals surface area contributed by atoms with E-state index in [-0.39, 0.29) is 5.91 Å². The van der Waals surface area contributed by atoms with Gasteiger partial charge in [-0.25, -0.2) is 4.98 Å². The van der Waals surface area contributed by atoms with Gasteiger partial charge in [-0.1, -0.05) is 65.9 Å². The van der Waals surface area contributed by atoms with E-state index in [0.29, 0.717) is 36.2 Å². The van der Waals surface area contributed by atoms with Crippen LogP contribution in [0.3, 0.4) is 0 Å². The van der Waals surface area contributed by atoms with E-state index >= 15 is 0 Å². The van der Waals surface area contributed by atoms with Crippen molar-refractivity contribution in [1.82, 2.24) is 24.6 Å². The van der Waals surface area contributed by atoms with Crippen molar-refractivity contribution in [2.75, 3.05) is 33.6 Å². The van der Waals surface area contributed by atoms with E-state index in [1.807, 2.05) is 37.4 Å². The topological polar surface area (TPSA) is 82.4 Å². The first kappa shape index (κ1) is 28.4. The molecule has 212 valence electrons. The number of rotatable bonds is 12. The third kappa shape index (κ3) is 6.62. The Kier molecular flexibility index (Phi) is 9.04. The van der Waals surface area contributed by atoms with Crippen molar-refractivity contribution < 1.29 is 14.3 Å². The zero-order valence-electron chi connectivity index (χ0n) is 24.0. The van der Waals surface area contributed by atoms with Crippen LogP contribution in [-0.4, -0.2) is 64.1 Å². The molecule has 1 amide bonds.